The number of sulfone groups is 1. The normalized spacial score (nSPS) is 33.2. The number of aliphatic hydroxyl groups excluding tert-OH is 2. The topological polar surface area (TPSA) is 133 Å². The molecule has 41 heavy (non-hydrogen) atoms. The van der Waals surface area contributed by atoms with Gasteiger partial charge in [0.2, 0.25) is 0 Å². The van der Waals surface area contributed by atoms with Crippen molar-refractivity contribution in [1.82, 2.24) is 0 Å². The highest BCUT2D eigenvalue weighted by Gasteiger charge is 2.59. The van der Waals surface area contributed by atoms with Crippen molar-refractivity contribution in [3.63, 3.8) is 0 Å². The van der Waals surface area contributed by atoms with Crippen molar-refractivity contribution in [2.45, 2.75) is 73.1 Å². The van der Waals surface area contributed by atoms with Crippen molar-refractivity contribution in [3.8, 4) is 0 Å². The van der Waals surface area contributed by atoms with E-state index in [1.807, 2.05) is 6.92 Å². The van der Waals surface area contributed by atoms with E-state index in [1.165, 1.54) is 12.1 Å². The Hall–Kier alpha value is -2.22. The molecule has 0 heterocycles. The molecule has 224 valence electrons. The summed E-state index contributed by atoms with van der Waals surface area (Å²) in [6.07, 6.45) is -0.794. The van der Waals surface area contributed by atoms with Crippen LogP contribution in [0.4, 0.5) is 18.9 Å². The summed E-state index contributed by atoms with van der Waals surface area (Å²) in [5.41, 5.74) is -1.77. The second-order valence-electron chi connectivity index (χ2n) is 11.5. The number of ether oxygens (including phenoxy) is 1. The lowest BCUT2D eigenvalue weighted by molar-refractivity contribution is -0.133. The number of benzene rings is 2. The van der Waals surface area contributed by atoms with Crippen molar-refractivity contribution < 1.29 is 46.4 Å². The first-order chi connectivity index (χ1) is 19.2. The van der Waals surface area contributed by atoms with Crippen LogP contribution in [0, 0.1) is 35.2 Å². The molecule has 5 rings (SSSR count). The zero-order valence-electron chi connectivity index (χ0n) is 22.1. The van der Waals surface area contributed by atoms with Crippen molar-refractivity contribution >= 4 is 33.0 Å². The van der Waals surface area contributed by atoms with Crippen LogP contribution in [0.3, 0.4) is 0 Å². The minimum atomic E-state index is -4.08. The van der Waals surface area contributed by atoms with Crippen LogP contribution in [0.25, 0.3) is 0 Å². The monoisotopic (exact) mass is 617 g/mol. The first-order valence-corrected chi connectivity index (χ1v) is 15.3. The van der Waals surface area contributed by atoms with Crippen LogP contribution in [0.2, 0.25) is 5.02 Å². The number of anilines is 1. The second-order valence-corrected chi connectivity index (χ2v) is 14.1. The summed E-state index contributed by atoms with van der Waals surface area (Å²) < 4.78 is 73.9. The summed E-state index contributed by atoms with van der Waals surface area (Å²) in [7, 11) is -4.08. The molecule has 3 aliphatic carbocycles. The van der Waals surface area contributed by atoms with Gasteiger partial charge in [0, 0.05) is 36.2 Å². The fourth-order valence-electron chi connectivity index (χ4n) is 6.73. The molecule has 0 spiro atoms. The Bertz CT molecular complexity index is 1430. The largest absolute Gasteiger partial charge is 0.390 e. The van der Waals surface area contributed by atoms with E-state index in [1.54, 1.807) is 0 Å². The number of halogens is 4. The van der Waals surface area contributed by atoms with Crippen molar-refractivity contribution in [3.05, 3.63) is 58.4 Å². The summed E-state index contributed by atoms with van der Waals surface area (Å²) >= 11 is 6.28. The lowest BCUT2D eigenvalue weighted by atomic mass is 9.73. The van der Waals surface area contributed by atoms with E-state index in [4.69, 9.17) is 16.3 Å². The number of rotatable bonds is 7. The van der Waals surface area contributed by atoms with Gasteiger partial charge in [0.1, 0.15) is 0 Å². The van der Waals surface area contributed by atoms with Crippen LogP contribution >= 0.6 is 11.6 Å². The summed E-state index contributed by atoms with van der Waals surface area (Å²) in [5, 5.41) is 32.5. The molecule has 0 saturated heterocycles. The third kappa shape index (κ3) is 5.62. The highest BCUT2D eigenvalue weighted by molar-refractivity contribution is 7.92. The molecule has 8 nitrogen and oxygen atoms in total. The van der Waals surface area contributed by atoms with Crippen LogP contribution in [-0.2, 0) is 14.6 Å². The summed E-state index contributed by atoms with van der Waals surface area (Å²) in [4.78, 5) is 12.5. The quantitative estimate of drug-likeness (QED) is 0.347. The van der Waals surface area contributed by atoms with Crippen molar-refractivity contribution in [2.75, 3.05) is 11.9 Å². The molecule has 2 aromatic rings. The maximum absolute atomic E-state index is 13.8. The molecule has 3 saturated carbocycles. The maximum Gasteiger partial charge on any atom is 0.255 e. The van der Waals surface area contributed by atoms with Crippen LogP contribution in [0.15, 0.2) is 35.2 Å². The maximum atomic E-state index is 13.8. The summed E-state index contributed by atoms with van der Waals surface area (Å²) in [6, 6.07) is 4.79. The predicted octanol–water partition coefficient (Wildman–Crippen LogP) is 3.85. The predicted molar refractivity (Wildman–Crippen MR) is 143 cm³/mol. The molecule has 0 aliphatic heterocycles. The molecule has 13 heteroatoms. The number of carbonyl (C=O) groups excluding carboxylic acids is 1. The minimum absolute atomic E-state index is 0.0117. The Morgan fingerprint density at radius 3 is 2.29 bits per heavy atom. The van der Waals surface area contributed by atoms with Gasteiger partial charge in [-0.1, -0.05) is 18.5 Å². The van der Waals surface area contributed by atoms with E-state index < -0.39 is 68.3 Å². The zero-order chi connectivity index (χ0) is 29.9. The Morgan fingerprint density at radius 2 is 1.68 bits per heavy atom. The lowest BCUT2D eigenvalue weighted by Crippen LogP contribution is -2.52. The highest BCUT2D eigenvalue weighted by atomic mass is 35.5. The smallest absolute Gasteiger partial charge is 0.255 e. The molecule has 2 aromatic carbocycles. The first-order valence-electron chi connectivity index (χ1n) is 13.4. The van der Waals surface area contributed by atoms with E-state index in [0.29, 0.717) is 18.6 Å². The summed E-state index contributed by atoms with van der Waals surface area (Å²) in [6.45, 7) is 1.91. The second kappa shape index (κ2) is 11.1. The first kappa shape index (κ1) is 30.2. The number of amides is 1. The fraction of sp³-hybridized carbons (Fsp3) is 0.536. The van der Waals surface area contributed by atoms with Gasteiger partial charge in [-0.25, -0.2) is 21.6 Å². The zero-order valence-corrected chi connectivity index (χ0v) is 23.6. The fourth-order valence-corrected chi connectivity index (χ4v) is 9.11. The van der Waals surface area contributed by atoms with Gasteiger partial charge in [-0.3, -0.25) is 4.79 Å². The van der Waals surface area contributed by atoms with E-state index in [9.17, 15) is 41.7 Å². The number of carbonyl (C=O) groups is 1. The SMILES string of the molecule is C[C@H]1CC2CC(S(=O)(=O)c3cc(C(=O)Nc4cc(F)c(F)c(F)c4)ccc3Cl)CC1[C@@]2(O)CO[C@@H]1C[C@@H](O)[C@@H](O)C1. The van der Waals surface area contributed by atoms with Crippen molar-refractivity contribution in [1.29, 1.82) is 0 Å². The molecule has 0 aromatic heterocycles. The molecule has 3 aliphatic rings. The van der Waals surface area contributed by atoms with Crippen LogP contribution < -0.4 is 5.32 Å². The molecule has 8 atom stereocenters. The number of nitrogens with one attached hydrogen (secondary N) is 1. The van der Waals surface area contributed by atoms with Gasteiger partial charge in [0.15, 0.2) is 27.3 Å². The van der Waals surface area contributed by atoms with Gasteiger partial charge in [-0.2, -0.15) is 0 Å². The number of aliphatic hydroxyl groups is 3. The molecule has 0 radical (unpaired) electrons. The van der Waals surface area contributed by atoms with Crippen LogP contribution in [-0.4, -0.2) is 65.4 Å². The van der Waals surface area contributed by atoms with E-state index in [2.05, 4.69) is 5.32 Å². The average Bonchev–Trinajstić information content (AvgIpc) is 3.25. The number of fused-ring (bicyclic) bond motifs is 2. The van der Waals surface area contributed by atoms with Gasteiger partial charge in [0.05, 0.1) is 45.7 Å². The molecule has 4 N–H and O–H groups in total. The molecule has 2 bridgehead atoms. The third-order valence-electron chi connectivity index (χ3n) is 8.94. The van der Waals surface area contributed by atoms with E-state index in [0.717, 1.165) is 6.07 Å². The Morgan fingerprint density at radius 1 is 1.05 bits per heavy atom. The van der Waals surface area contributed by atoms with Gasteiger partial charge in [0.25, 0.3) is 5.91 Å². The molecule has 3 fully saturated rings. The lowest BCUT2D eigenvalue weighted by Gasteiger charge is -2.43. The van der Waals surface area contributed by atoms with E-state index >= 15 is 0 Å². The van der Waals surface area contributed by atoms with Crippen LogP contribution in [0.5, 0.6) is 0 Å². The molecular weight excluding hydrogens is 587 g/mol. The Kier molecular flexibility index (Phi) is 8.21. The van der Waals surface area contributed by atoms with Gasteiger partial charge in [-0.05, 0) is 55.2 Å². The van der Waals surface area contributed by atoms with Gasteiger partial charge < -0.3 is 25.4 Å². The molecule has 1 amide bonds. The molecule has 3 unspecified atom stereocenters. The van der Waals surface area contributed by atoms with Gasteiger partial charge >= 0.3 is 0 Å². The average molecular weight is 618 g/mol. The number of hydrogen-bond acceptors (Lipinski definition) is 7. The Labute approximate surface area is 240 Å². The van der Waals surface area contributed by atoms with Crippen LogP contribution in [0.1, 0.15) is 49.4 Å². The van der Waals surface area contributed by atoms with Crippen molar-refractivity contribution in [2.24, 2.45) is 17.8 Å². The van der Waals surface area contributed by atoms with E-state index in [-0.39, 0.29) is 65.3 Å². The standard InChI is InChI=1S/C28H31ClF3NO7S/c1-13-4-15-6-18(11-19(13)28(15,37)12-40-17-9-23(34)24(35)10-17)41(38,39)25-5-14(2-3-20(25)29)27(36)33-16-7-21(30)26(32)22(31)8-16/h2-3,5,7-8,13,15,17-19,23-24,34-35,37H,4,6,9-12H2,1H3,(H,33,36)/t13-,15?,17-,18?,19?,23-,24+,28+/m0/s1. The number of hydrogen-bond donors (Lipinski definition) is 4. The highest BCUT2D eigenvalue weighted by Crippen LogP contribution is 2.55. The third-order valence-corrected chi connectivity index (χ3v) is 11.6. The van der Waals surface area contributed by atoms with Gasteiger partial charge in [-0.15, -0.1) is 0 Å². The molecular formula is C28H31ClF3NO7S. The minimum Gasteiger partial charge on any atom is -0.390 e. The summed E-state index contributed by atoms with van der Waals surface area (Å²) in [5.74, 6) is -6.33. The Balaban J connectivity index is 1.33.